The van der Waals surface area contributed by atoms with Crippen LogP contribution in [0.25, 0.3) is 0 Å². The summed E-state index contributed by atoms with van der Waals surface area (Å²) in [5.74, 6) is 0.626. The minimum absolute atomic E-state index is 0.199. The van der Waals surface area contributed by atoms with E-state index < -0.39 is 0 Å². The number of hydrogen-bond donors (Lipinski definition) is 2. The third-order valence-corrected chi connectivity index (χ3v) is 4.81. The fourth-order valence-electron chi connectivity index (χ4n) is 2.57. The number of thiophene rings is 1. The van der Waals surface area contributed by atoms with Gasteiger partial charge < -0.3 is 15.4 Å². The number of benzene rings is 2. The van der Waals surface area contributed by atoms with Gasteiger partial charge in [-0.3, -0.25) is 0 Å². The van der Waals surface area contributed by atoms with E-state index in [2.05, 4.69) is 22.8 Å². The van der Waals surface area contributed by atoms with E-state index in [-0.39, 0.29) is 12.1 Å². The van der Waals surface area contributed by atoms with Crippen LogP contribution in [-0.2, 0) is 0 Å². The van der Waals surface area contributed by atoms with Crippen molar-refractivity contribution >= 4 is 23.1 Å². The molecule has 0 aliphatic rings. The summed E-state index contributed by atoms with van der Waals surface area (Å²) in [7, 11) is 1.58. The fourth-order valence-corrected chi connectivity index (χ4v) is 3.37. The van der Waals surface area contributed by atoms with Gasteiger partial charge in [0.25, 0.3) is 0 Å². The van der Waals surface area contributed by atoms with Gasteiger partial charge >= 0.3 is 6.03 Å². The Balaban J connectivity index is 1.80. The summed E-state index contributed by atoms with van der Waals surface area (Å²) in [5.41, 5.74) is 2.87. The summed E-state index contributed by atoms with van der Waals surface area (Å²) in [6.07, 6.45) is 0. The highest BCUT2D eigenvalue weighted by atomic mass is 32.1. The van der Waals surface area contributed by atoms with Crippen LogP contribution in [-0.4, -0.2) is 13.1 Å². The molecule has 4 nitrogen and oxygen atoms in total. The molecular weight excluding hydrogens is 332 g/mol. The lowest BCUT2D eigenvalue weighted by atomic mass is 10.0. The van der Waals surface area contributed by atoms with Crippen LogP contribution >= 0.6 is 11.3 Å². The van der Waals surface area contributed by atoms with Crippen molar-refractivity contribution in [1.82, 2.24) is 5.32 Å². The molecule has 0 saturated carbocycles. The number of carbonyl (C=O) groups excluding carboxylic acids is 1. The number of methoxy groups -OCH3 is 1. The molecule has 0 radical (unpaired) electrons. The van der Waals surface area contributed by atoms with E-state index in [1.165, 1.54) is 5.56 Å². The molecule has 0 spiro atoms. The van der Waals surface area contributed by atoms with Gasteiger partial charge in [0.15, 0.2) is 0 Å². The van der Waals surface area contributed by atoms with Crippen LogP contribution in [0, 0.1) is 6.92 Å². The molecule has 2 amide bonds. The van der Waals surface area contributed by atoms with Crippen LogP contribution in [0.5, 0.6) is 5.75 Å². The molecule has 2 aromatic carbocycles. The van der Waals surface area contributed by atoms with Gasteiger partial charge in [-0.1, -0.05) is 48.0 Å². The van der Waals surface area contributed by atoms with Crippen LogP contribution in [0.2, 0.25) is 0 Å². The Kier molecular flexibility index (Phi) is 5.36. The van der Waals surface area contributed by atoms with E-state index in [9.17, 15) is 4.79 Å². The standard InChI is InChI=1S/C20H20N2O2S/c1-14-9-11-15(12-10-14)19(18-8-5-13-25-18)22-20(23)21-16-6-3-4-7-17(16)24-2/h3-13,19H,1-2H3,(H2,21,22,23)/t19-/m1/s1. The first-order valence-electron chi connectivity index (χ1n) is 7.98. The Morgan fingerprint density at radius 3 is 2.48 bits per heavy atom. The smallest absolute Gasteiger partial charge is 0.320 e. The van der Waals surface area contributed by atoms with Gasteiger partial charge in [-0.05, 0) is 36.1 Å². The van der Waals surface area contributed by atoms with Crippen molar-refractivity contribution in [2.45, 2.75) is 13.0 Å². The number of amides is 2. The Bertz CT molecular complexity index is 829. The molecule has 0 aliphatic heterocycles. The van der Waals surface area contributed by atoms with Gasteiger partial charge in [-0.15, -0.1) is 11.3 Å². The van der Waals surface area contributed by atoms with Crippen molar-refractivity contribution in [2.75, 3.05) is 12.4 Å². The van der Waals surface area contributed by atoms with Gasteiger partial charge in [-0.25, -0.2) is 4.79 Å². The van der Waals surface area contributed by atoms with Gasteiger partial charge in [0, 0.05) is 4.88 Å². The minimum Gasteiger partial charge on any atom is -0.495 e. The molecule has 3 aromatic rings. The van der Waals surface area contributed by atoms with E-state index in [4.69, 9.17) is 4.74 Å². The lowest BCUT2D eigenvalue weighted by Crippen LogP contribution is -2.33. The average Bonchev–Trinajstić information content (AvgIpc) is 3.15. The molecule has 0 saturated heterocycles. The third kappa shape index (κ3) is 4.19. The van der Waals surface area contributed by atoms with Crippen molar-refractivity contribution < 1.29 is 9.53 Å². The predicted octanol–water partition coefficient (Wildman–Crippen LogP) is 4.98. The number of nitrogens with one attached hydrogen (secondary N) is 2. The number of aryl methyl sites for hydroxylation is 1. The molecule has 0 unspecified atom stereocenters. The maximum absolute atomic E-state index is 12.6. The molecule has 1 aromatic heterocycles. The molecule has 0 aliphatic carbocycles. The second-order valence-electron chi connectivity index (χ2n) is 5.66. The zero-order valence-electron chi connectivity index (χ0n) is 14.2. The van der Waals surface area contributed by atoms with Crippen LogP contribution < -0.4 is 15.4 Å². The van der Waals surface area contributed by atoms with Crippen LogP contribution in [0.3, 0.4) is 0 Å². The number of carbonyl (C=O) groups is 1. The monoisotopic (exact) mass is 352 g/mol. The number of para-hydroxylation sites is 2. The summed E-state index contributed by atoms with van der Waals surface area (Å²) in [4.78, 5) is 13.6. The largest absolute Gasteiger partial charge is 0.495 e. The fraction of sp³-hybridized carbons (Fsp3) is 0.150. The maximum atomic E-state index is 12.6. The Morgan fingerprint density at radius 1 is 1.04 bits per heavy atom. The minimum atomic E-state index is -0.275. The molecule has 5 heteroatoms. The highest BCUT2D eigenvalue weighted by Crippen LogP contribution is 2.27. The predicted molar refractivity (Wildman–Crippen MR) is 102 cm³/mol. The first-order valence-corrected chi connectivity index (χ1v) is 8.86. The van der Waals surface area contributed by atoms with Crippen LogP contribution in [0.1, 0.15) is 22.0 Å². The summed E-state index contributed by atoms with van der Waals surface area (Å²) in [6.45, 7) is 2.05. The van der Waals surface area contributed by atoms with Crippen molar-refractivity contribution in [3.63, 3.8) is 0 Å². The van der Waals surface area contributed by atoms with E-state index in [0.29, 0.717) is 11.4 Å². The zero-order chi connectivity index (χ0) is 17.6. The average molecular weight is 352 g/mol. The van der Waals surface area contributed by atoms with Crippen molar-refractivity contribution in [1.29, 1.82) is 0 Å². The molecule has 3 rings (SSSR count). The first-order chi connectivity index (χ1) is 12.2. The second-order valence-corrected chi connectivity index (χ2v) is 6.64. The quantitative estimate of drug-likeness (QED) is 0.681. The zero-order valence-corrected chi connectivity index (χ0v) is 15.0. The molecule has 1 heterocycles. The molecular formula is C20H20N2O2S. The van der Waals surface area contributed by atoms with Gasteiger partial charge in [0.05, 0.1) is 18.8 Å². The van der Waals surface area contributed by atoms with Crippen molar-refractivity contribution in [3.05, 3.63) is 82.0 Å². The number of hydrogen-bond acceptors (Lipinski definition) is 3. The third-order valence-electron chi connectivity index (χ3n) is 3.87. The lowest BCUT2D eigenvalue weighted by molar-refractivity contribution is 0.250. The van der Waals surface area contributed by atoms with Gasteiger partial charge in [0.2, 0.25) is 0 Å². The van der Waals surface area contributed by atoms with E-state index in [1.54, 1.807) is 18.4 Å². The SMILES string of the molecule is COc1ccccc1NC(=O)N[C@H](c1ccc(C)cc1)c1cccs1. The normalized spacial score (nSPS) is 11.6. The highest BCUT2D eigenvalue weighted by Gasteiger charge is 2.18. The molecule has 2 N–H and O–H groups in total. The summed E-state index contributed by atoms with van der Waals surface area (Å²) < 4.78 is 5.28. The molecule has 1 atom stereocenters. The summed E-state index contributed by atoms with van der Waals surface area (Å²) in [6, 6.07) is 19.1. The second kappa shape index (κ2) is 7.85. The molecule has 128 valence electrons. The first kappa shape index (κ1) is 17.0. The number of urea groups is 1. The Labute approximate surface area is 151 Å². The summed E-state index contributed by atoms with van der Waals surface area (Å²) >= 11 is 1.62. The Morgan fingerprint density at radius 2 is 1.80 bits per heavy atom. The molecule has 0 bridgehead atoms. The molecule has 25 heavy (non-hydrogen) atoms. The van der Waals surface area contributed by atoms with E-state index >= 15 is 0 Å². The number of rotatable bonds is 5. The topological polar surface area (TPSA) is 50.4 Å². The van der Waals surface area contributed by atoms with Gasteiger partial charge in [-0.2, -0.15) is 0 Å². The maximum Gasteiger partial charge on any atom is 0.320 e. The van der Waals surface area contributed by atoms with E-state index in [0.717, 1.165) is 10.4 Å². The van der Waals surface area contributed by atoms with Crippen molar-refractivity contribution in [2.24, 2.45) is 0 Å². The Hall–Kier alpha value is -2.79. The van der Waals surface area contributed by atoms with Crippen molar-refractivity contribution in [3.8, 4) is 5.75 Å². The summed E-state index contributed by atoms with van der Waals surface area (Å²) in [5, 5.41) is 7.93. The molecule has 0 fully saturated rings. The number of ether oxygens (including phenoxy) is 1. The van der Waals surface area contributed by atoms with Crippen LogP contribution in [0.15, 0.2) is 66.0 Å². The van der Waals surface area contributed by atoms with Crippen LogP contribution in [0.4, 0.5) is 10.5 Å². The highest BCUT2D eigenvalue weighted by molar-refractivity contribution is 7.10. The van der Waals surface area contributed by atoms with E-state index in [1.807, 2.05) is 60.8 Å². The van der Waals surface area contributed by atoms with Gasteiger partial charge in [0.1, 0.15) is 5.75 Å². The lowest BCUT2D eigenvalue weighted by Gasteiger charge is -2.19. The number of anilines is 1.